The quantitative estimate of drug-likeness (QED) is 0.814. The predicted molar refractivity (Wildman–Crippen MR) is 57.8 cm³/mol. The number of anilines is 1. The molecule has 1 heterocycles. The number of aromatic nitrogens is 1. The summed E-state index contributed by atoms with van der Waals surface area (Å²) in [4.78, 5) is 5.39. The second-order valence-electron chi connectivity index (χ2n) is 3.93. The van der Waals surface area contributed by atoms with Crippen molar-refractivity contribution in [3.8, 4) is 0 Å². The minimum atomic E-state index is -2.39. The fourth-order valence-electron chi connectivity index (χ4n) is 1.15. The lowest BCUT2D eigenvalue weighted by Gasteiger charge is -2.12. The third-order valence-corrected chi connectivity index (χ3v) is 1.97. The maximum atomic E-state index is 12.1. The number of hydrogen-bond acceptors (Lipinski definition) is 4. The molecule has 1 rings (SSSR count). The van der Waals surface area contributed by atoms with E-state index in [0.29, 0.717) is 18.3 Å². The molecule has 0 atom stereocenters. The zero-order chi connectivity index (χ0) is 12.1. The number of nitrogens with zero attached hydrogens (tertiary/aromatic N) is 2. The van der Waals surface area contributed by atoms with Gasteiger partial charge in [0.15, 0.2) is 0 Å². The molecule has 0 fully saturated rings. The Morgan fingerprint density at radius 2 is 2.19 bits per heavy atom. The number of alkyl halides is 2. The molecule has 4 nitrogen and oxygen atoms in total. The number of rotatable bonds is 6. The third kappa shape index (κ3) is 4.14. The first-order valence-corrected chi connectivity index (χ1v) is 5.16. The third-order valence-electron chi connectivity index (χ3n) is 1.97. The van der Waals surface area contributed by atoms with Crippen LogP contribution in [-0.4, -0.2) is 31.0 Å². The molecular formula is C10H17F2N3O. The summed E-state index contributed by atoms with van der Waals surface area (Å²) in [7, 11) is 1.53. The normalized spacial score (nSPS) is 11.4. The minimum absolute atomic E-state index is 0.223. The smallest absolute Gasteiger partial charge is 0.297 e. The van der Waals surface area contributed by atoms with E-state index in [1.165, 1.54) is 18.2 Å². The fraction of sp³-hybridized carbons (Fsp3) is 0.700. The second-order valence-corrected chi connectivity index (χ2v) is 3.93. The topological polar surface area (TPSA) is 41.3 Å². The summed E-state index contributed by atoms with van der Waals surface area (Å²) in [5.74, 6) is 0. The van der Waals surface area contributed by atoms with Crippen molar-refractivity contribution in [1.29, 1.82) is 0 Å². The monoisotopic (exact) mass is 233 g/mol. The van der Waals surface area contributed by atoms with Crippen LogP contribution in [0.3, 0.4) is 0 Å². The fourth-order valence-corrected chi connectivity index (χ4v) is 1.15. The molecule has 0 bridgehead atoms. The molecule has 0 saturated heterocycles. The van der Waals surface area contributed by atoms with E-state index < -0.39 is 6.43 Å². The summed E-state index contributed by atoms with van der Waals surface area (Å²) in [6, 6.07) is 0.569. The number of halogens is 2. The predicted octanol–water partition coefficient (Wildman–Crippen LogP) is 1.87. The van der Waals surface area contributed by atoms with Crippen LogP contribution in [0, 0.1) is 0 Å². The van der Waals surface area contributed by atoms with Gasteiger partial charge in [-0.05, 0) is 0 Å². The van der Waals surface area contributed by atoms with Crippen molar-refractivity contribution in [3.63, 3.8) is 0 Å². The molecule has 0 aromatic carbocycles. The van der Waals surface area contributed by atoms with E-state index >= 15 is 0 Å². The van der Waals surface area contributed by atoms with Gasteiger partial charge >= 0.3 is 0 Å². The van der Waals surface area contributed by atoms with Crippen LogP contribution in [0.2, 0.25) is 0 Å². The van der Waals surface area contributed by atoms with E-state index in [1.807, 2.05) is 13.8 Å². The molecule has 1 aromatic rings. The molecule has 0 unspecified atom stereocenters. The van der Waals surface area contributed by atoms with E-state index in [0.717, 1.165) is 0 Å². The Kier molecular flexibility index (Phi) is 4.67. The maximum absolute atomic E-state index is 12.1. The van der Waals surface area contributed by atoms with Gasteiger partial charge in [-0.3, -0.25) is 0 Å². The van der Waals surface area contributed by atoms with Gasteiger partial charge in [0.1, 0.15) is 6.26 Å². The molecule has 6 heteroatoms. The highest BCUT2D eigenvalue weighted by atomic mass is 19.3. The van der Waals surface area contributed by atoms with E-state index in [1.54, 1.807) is 0 Å². The Balaban J connectivity index is 2.50. The zero-order valence-corrected chi connectivity index (χ0v) is 9.70. The van der Waals surface area contributed by atoms with Crippen molar-refractivity contribution in [1.82, 2.24) is 10.3 Å². The molecular weight excluding hydrogens is 216 g/mol. The molecule has 0 aliphatic rings. The van der Waals surface area contributed by atoms with Gasteiger partial charge in [-0.2, -0.15) is 4.98 Å². The van der Waals surface area contributed by atoms with Crippen molar-refractivity contribution in [2.45, 2.75) is 32.9 Å². The number of hydrogen-bond donors (Lipinski definition) is 1. The van der Waals surface area contributed by atoms with Crippen molar-refractivity contribution in [2.24, 2.45) is 0 Å². The zero-order valence-electron chi connectivity index (χ0n) is 9.70. The number of oxazole rings is 1. The molecule has 0 aliphatic carbocycles. The van der Waals surface area contributed by atoms with E-state index in [-0.39, 0.29) is 12.6 Å². The van der Waals surface area contributed by atoms with Crippen molar-refractivity contribution >= 4 is 6.01 Å². The molecule has 16 heavy (non-hydrogen) atoms. The van der Waals surface area contributed by atoms with Crippen LogP contribution >= 0.6 is 0 Å². The molecule has 0 saturated carbocycles. The largest absolute Gasteiger partial charge is 0.432 e. The van der Waals surface area contributed by atoms with Gasteiger partial charge in [-0.1, -0.05) is 13.8 Å². The highest BCUT2D eigenvalue weighted by Crippen LogP contribution is 2.13. The Bertz CT molecular complexity index is 315. The highest BCUT2D eigenvalue weighted by Gasteiger charge is 2.13. The van der Waals surface area contributed by atoms with E-state index in [9.17, 15) is 8.78 Å². The average Bonchev–Trinajstić information content (AvgIpc) is 2.61. The molecule has 1 aromatic heterocycles. The van der Waals surface area contributed by atoms with Crippen LogP contribution < -0.4 is 10.2 Å². The Hall–Kier alpha value is -1.17. The summed E-state index contributed by atoms with van der Waals surface area (Å²) >= 11 is 0. The summed E-state index contributed by atoms with van der Waals surface area (Å²) in [6.07, 6.45) is -0.915. The maximum Gasteiger partial charge on any atom is 0.297 e. The number of nitrogens with one attached hydrogen (secondary N) is 1. The summed E-state index contributed by atoms with van der Waals surface area (Å²) in [5.41, 5.74) is 0.713. The lowest BCUT2D eigenvalue weighted by atomic mass is 10.4. The van der Waals surface area contributed by atoms with Crippen LogP contribution in [-0.2, 0) is 6.54 Å². The van der Waals surface area contributed by atoms with E-state index in [2.05, 4.69) is 10.3 Å². The van der Waals surface area contributed by atoms with Gasteiger partial charge < -0.3 is 14.6 Å². The van der Waals surface area contributed by atoms with Gasteiger partial charge in [0.05, 0.1) is 12.2 Å². The van der Waals surface area contributed by atoms with Gasteiger partial charge in [-0.25, -0.2) is 8.78 Å². The van der Waals surface area contributed by atoms with E-state index in [4.69, 9.17) is 4.42 Å². The van der Waals surface area contributed by atoms with Gasteiger partial charge in [0.25, 0.3) is 12.4 Å². The van der Waals surface area contributed by atoms with Crippen LogP contribution in [0.4, 0.5) is 14.8 Å². The van der Waals surface area contributed by atoms with Crippen molar-refractivity contribution in [2.75, 3.05) is 18.5 Å². The lowest BCUT2D eigenvalue weighted by Crippen LogP contribution is -2.24. The first-order chi connectivity index (χ1) is 7.49. The van der Waals surface area contributed by atoms with Crippen molar-refractivity contribution in [3.05, 3.63) is 12.0 Å². The molecule has 92 valence electrons. The van der Waals surface area contributed by atoms with Crippen LogP contribution in [0.1, 0.15) is 19.5 Å². The van der Waals surface area contributed by atoms with Gasteiger partial charge in [-0.15, -0.1) is 0 Å². The Labute approximate surface area is 93.6 Å². The summed E-state index contributed by atoms with van der Waals surface area (Å²) in [6.45, 7) is 4.23. The van der Waals surface area contributed by atoms with Crippen LogP contribution in [0.5, 0.6) is 0 Å². The summed E-state index contributed by atoms with van der Waals surface area (Å²) in [5, 5.41) is 3.17. The van der Waals surface area contributed by atoms with Crippen molar-refractivity contribution < 1.29 is 13.2 Å². The first kappa shape index (κ1) is 12.9. The summed E-state index contributed by atoms with van der Waals surface area (Å²) < 4.78 is 29.3. The average molecular weight is 233 g/mol. The Morgan fingerprint density at radius 3 is 2.75 bits per heavy atom. The Morgan fingerprint density at radius 1 is 1.50 bits per heavy atom. The molecule has 1 N–H and O–H groups in total. The molecule has 0 amide bonds. The van der Waals surface area contributed by atoms with Gasteiger partial charge in [0.2, 0.25) is 0 Å². The molecule has 0 spiro atoms. The van der Waals surface area contributed by atoms with Gasteiger partial charge in [0, 0.05) is 19.6 Å². The molecule has 0 radical (unpaired) electrons. The minimum Gasteiger partial charge on any atom is -0.432 e. The SMILES string of the molecule is CC(C)NCc1coc(N(C)CC(F)F)n1. The lowest BCUT2D eigenvalue weighted by molar-refractivity contribution is 0.155. The first-order valence-electron chi connectivity index (χ1n) is 5.16. The highest BCUT2D eigenvalue weighted by molar-refractivity contribution is 5.25. The standard InChI is InChI=1S/C10H17F2N3O/c1-7(2)13-4-8-6-16-10(14-8)15(3)5-9(11)12/h6-7,9,13H,4-5H2,1-3H3. The van der Waals surface area contributed by atoms with Crippen LogP contribution in [0.15, 0.2) is 10.7 Å². The molecule has 0 aliphatic heterocycles. The second kappa shape index (κ2) is 5.79. The van der Waals surface area contributed by atoms with Crippen LogP contribution in [0.25, 0.3) is 0 Å².